The van der Waals surface area contributed by atoms with Crippen LogP contribution in [0.15, 0.2) is 48.5 Å². The highest BCUT2D eigenvalue weighted by Crippen LogP contribution is 2.22. The average Bonchev–Trinajstić information content (AvgIpc) is 2.99. The maximum absolute atomic E-state index is 12.3. The molecule has 1 aliphatic rings. The van der Waals surface area contributed by atoms with Gasteiger partial charge in [0.1, 0.15) is 0 Å². The molecular weight excluding hydrogens is 312 g/mol. The normalized spacial score (nSPS) is 14.1. The second-order valence-electron chi connectivity index (χ2n) is 5.51. The molecule has 1 heterocycles. The zero-order valence-electron chi connectivity index (χ0n) is 12.6. The van der Waals surface area contributed by atoms with Gasteiger partial charge in [0.05, 0.1) is 0 Å². The maximum Gasteiger partial charge on any atom is 0.251 e. The minimum atomic E-state index is -0.168. The molecule has 23 heavy (non-hydrogen) atoms. The van der Waals surface area contributed by atoms with E-state index in [-0.39, 0.29) is 11.8 Å². The van der Waals surface area contributed by atoms with Crippen LogP contribution in [0.25, 0.3) is 0 Å². The smallest absolute Gasteiger partial charge is 0.251 e. The summed E-state index contributed by atoms with van der Waals surface area (Å²) < 4.78 is 0. The monoisotopic (exact) mass is 328 g/mol. The summed E-state index contributed by atoms with van der Waals surface area (Å²) in [7, 11) is 0. The Morgan fingerprint density at radius 3 is 2.74 bits per heavy atom. The lowest BCUT2D eigenvalue weighted by Gasteiger charge is -2.16. The molecule has 0 unspecified atom stereocenters. The number of anilines is 1. The lowest BCUT2D eigenvalue weighted by Crippen LogP contribution is -2.25. The second kappa shape index (κ2) is 6.84. The summed E-state index contributed by atoms with van der Waals surface area (Å²) in [4.78, 5) is 25.8. The van der Waals surface area contributed by atoms with Crippen molar-refractivity contribution >= 4 is 29.1 Å². The number of hydrogen-bond acceptors (Lipinski definition) is 2. The Bertz CT molecular complexity index is 745. The molecule has 2 aromatic rings. The summed E-state index contributed by atoms with van der Waals surface area (Å²) in [5.74, 6) is -0.0556. The number of halogens is 1. The van der Waals surface area contributed by atoms with Crippen molar-refractivity contribution in [2.45, 2.75) is 19.4 Å². The van der Waals surface area contributed by atoms with Gasteiger partial charge in [-0.25, -0.2) is 0 Å². The first-order valence-corrected chi connectivity index (χ1v) is 7.94. The minimum Gasteiger partial charge on any atom is -0.348 e. The molecular formula is C18H17ClN2O2. The quantitative estimate of drug-likeness (QED) is 0.935. The molecule has 2 amide bonds. The average molecular weight is 329 g/mol. The third-order valence-corrected chi connectivity index (χ3v) is 4.07. The van der Waals surface area contributed by atoms with Crippen molar-refractivity contribution in [1.82, 2.24) is 5.32 Å². The van der Waals surface area contributed by atoms with Gasteiger partial charge >= 0.3 is 0 Å². The Morgan fingerprint density at radius 1 is 1.17 bits per heavy atom. The first-order valence-electron chi connectivity index (χ1n) is 7.56. The number of carbonyl (C=O) groups excluding carboxylic acids is 2. The molecule has 3 rings (SSSR count). The molecule has 0 atom stereocenters. The van der Waals surface area contributed by atoms with E-state index >= 15 is 0 Å². The van der Waals surface area contributed by atoms with Gasteiger partial charge in [-0.2, -0.15) is 0 Å². The summed E-state index contributed by atoms with van der Waals surface area (Å²) in [5.41, 5.74) is 2.27. The lowest BCUT2D eigenvalue weighted by atomic mass is 10.1. The van der Waals surface area contributed by atoms with Gasteiger partial charge in [-0.3, -0.25) is 9.59 Å². The van der Waals surface area contributed by atoms with Crippen molar-refractivity contribution in [1.29, 1.82) is 0 Å². The zero-order valence-corrected chi connectivity index (χ0v) is 13.3. The van der Waals surface area contributed by atoms with Gasteiger partial charge in [0.2, 0.25) is 5.91 Å². The van der Waals surface area contributed by atoms with Crippen molar-refractivity contribution in [3.63, 3.8) is 0 Å². The molecule has 1 fully saturated rings. The van der Waals surface area contributed by atoms with Gasteiger partial charge in [0, 0.05) is 35.8 Å². The highest BCUT2D eigenvalue weighted by atomic mass is 35.5. The van der Waals surface area contributed by atoms with Gasteiger partial charge in [0.15, 0.2) is 0 Å². The fourth-order valence-corrected chi connectivity index (χ4v) is 2.88. The number of amides is 2. The van der Waals surface area contributed by atoms with Gasteiger partial charge in [0.25, 0.3) is 5.91 Å². The Balaban J connectivity index is 1.69. The number of nitrogens with zero attached hydrogens (tertiary/aromatic N) is 1. The predicted octanol–water partition coefficient (Wildman–Crippen LogP) is 3.40. The van der Waals surface area contributed by atoms with Crippen LogP contribution in [0.5, 0.6) is 0 Å². The van der Waals surface area contributed by atoms with Crippen molar-refractivity contribution in [3.8, 4) is 0 Å². The molecule has 0 saturated carbocycles. The van der Waals surface area contributed by atoms with Crippen LogP contribution in [0.4, 0.5) is 5.69 Å². The predicted molar refractivity (Wildman–Crippen MR) is 90.7 cm³/mol. The first kappa shape index (κ1) is 15.6. The van der Waals surface area contributed by atoms with Gasteiger partial charge in [-0.15, -0.1) is 0 Å². The minimum absolute atomic E-state index is 0.112. The fourth-order valence-electron chi connectivity index (χ4n) is 2.67. The van der Waals surface area contributed by atoms with E-state index < -0.39 is 0 Å². The van der Waals surface area contributed by atoms with E-state index in [2.05, 4.69) is 5.32 Å². The summed E-state index contributed by atoms with van der Waals surface area (Å²) in [6.07, 6.45) is 1.44. The molecule has 1 saturated heterocycles. The summed E-state index contributed by atoms with van der Waals surface area (Å²) in [6, 6.07) is 14.5. The fraction of sp³-hybridized carbons (Fsp3) is 0.222. The number of rotatable bonds is 4. The van der Waals surface area contributed by atoms with Crippen LogP contribution >= 0.6 is 11.6 Å². The molecule has 0 aliphatic carbocycles. The molecule has 0 bridgehead atoms. The number of hydrogen-bond donors (Lipinski definition) is 1. The molecule has 1 N–H and O–H groups in total. The Kier molecular flexibility index (Phi) is 4.63. The molecule has 1 aliphatic heterocycles. The van der Waals surface area contributed by atoms with Gasteiger partial charge < -0.3 is 10.2 Å². The number of benzene rings is 2. The van der Waals surface area contributed by atoms with Gasteiger partial charge in [-0.1, -0.05) is 29.8 Å². The van der Waals surface area contributed by atoms with Crippen molar-refractivity contribution in [3.05, 3.63) is 64.7 Å². The largest absolute Gasteiger partial charge is 0.348 e. The van der Waals surface area contributed by atoms with Crippen LogP contribution < -0.4 is 10.2 Å². The topological polar surface area (TPSA) is 49.4 Å². The lowest BCUT2D eigenvalue weighted by molar-refractivity contribution is -0.117. The van der Waals surface area contributed by atoms with E-state index in [1.807, 2.05) is 24.3 Å². The van der Waals surface area contributed by atoms with E-state index in [9.17, 15) is 9.59 Å². The van der Waals surface area contributed by atoms with Crippen LogP contribution in [-0.4, -0.2) is 18.4 Å². The van der Waals surface area contributed by atoms with Crippen LogP contribution in [0.1, 0.15) is 28.8 Å². The molecule has 4 nitrogen and oxygen atoms in total. The second-order valence-corrected chi connectivity index (χ2v) is 5.95. The highest BCUT2D eigenvalue weighted by Gasteiger charge is 2.22. The van der Waals surface area contributed by atoms with Crippen LogP contribution in [0, 0.1) is 0 Å². The molecule has 2 aromatic carbocycles. The highest BCUT2D eigenvalue weighted by molar-refractivity contribution is 6.30. The standard InChI is InChI=1S/C18H17ClN2O2/c19-15-6-1-4-13(10-15)12-20-18(23)14-5-2-7-16(11-14)21-9-3-8-17(21)22/h1-2,4-7,10-11H,3,8-9,12H2,(H,20,23). The molecule has 5 heteroatoms. The van der Waals surface area contributed by atoms with E-state index in [1.54, 1.807) is 29.2 Å². The zero-order chi connectivity index (χ0) is 16.2. The van der Waals surface area contributed by atoms with Crippen LogP contribution in [-0.2, 0) is 11.3 Å². The van der Waals surface area contributed by atoms with Crippen LogP contribution in [0.3, 0.4) is 0 Å². The molecule has 0 radical (unpaired) electrons. The maximum atomic E-state index is 12.3. The SMILES string of the molecule is O=C(NCc1cccc(Cl)c1)c1cccc(N2CCCC2=O)c1. The van der Waals surface area contributed by atoms with E-state index in [4.69, 9.17) is 11.6 Å². The van der Waals surface area contributed by atoms with Crippen molar-refractivity contribution in [2.75, 3.05) is 11.4 Å². The van der Waals surface area contributed by atoms with E-state index in [0.29, 0.717) is 30.1 Å². The van der Waals surface area contributed by atoms with Crippen molar-refractivity contribution in [2.24, 2.45) is 0 Å². The van der Waals surface area contributed by atoms with E-state index in [1.165, 1.54) is 0 Å². The Morgan fingerprint density at radius 2 is 2.00 bits per heavy atom. The molecule has 0 aromatic heterocycles. The third-order valence-electron chi connectivity index (χ3n) is 3.84. The molecule has 118 valence electrons. The Hall–Kier alpha value is -2.33. The number of carbonyl (C=O) groups is 2. The van der Waals surface area contributed by atoms with E-state index in [0.717, 1.165) is 17.7 Å². The van der Waals surface area contributed by atoms with Gasteiger partial charge in [-0.05, 0) is 42.3 Å². The van der Waals surface area contributed by atoms with Crippen molar-refractivity contribution < 1.29 is 9.59 Å². The summed E-state index contributed by atoms with van der Waals surface area (Å²) >= 11 is 5.93. The summed E-state index contributed by atoms with van der Waals surface area (Å²) in [5, 5.41) is 3.52. The summed E-state index contributed by atoms with van der Waals surface area (Å²) in [6.45, 7) is 1.12. The molecule has 0 spiro atoms. The third kappa shape index (κ3) is 3.71. The van der Waals surface area contributed by atoms with Crippen LogP contribution in [0.2, 0.25) is 5.02 Å². The number of nitrogens with one attached hydrogen (secondary N) is 1. The first-order chi connectivity index (χ1) is 11.1. The Labute approximate surface area is 140 Å².